The van der Waals surface area contributed by atoms with E-state index in [1.165, 1.54) is 109 Å². The number of allylic oxidation sites excluding steroid dienone is 2. The average molecular weight is 481 g/mol. The topological polar surface area (TPSA) is 63.6 Å². The first-order chi connectivity index (χ1) is 16.6. The van der Waals surface area contributed by atoms with Gasteiger partial charge in [0.05, 0.1) is 6.42 Å². The number of carbonyl (C=O) groups excluding carboxylic acids is 1. The molecule has 0 fully saturated rings. The molecule has 0 saturated heterocycles. The molecule has 0 bridgehead atoms. The molecule has 0 aliphatic rings. The van der Waals surface area contributed by atoms with Crippen LogP contribution in [-0.2, 0) is 14.3 Å². The van der Waals surface area contributed by atoms with Crippen molar-refractivity contribution in [2.45, 2.75) is 168 Å². The molecule has 0 amide bonds. The van der Waals surface area contributed by atoms with Gasteiger partial charge in [0, 0.05) is 6.42 Å². The smallest absolute Gasteiger partial charge is 0.307 e. The fraction of sp³-hybridized carbons (Fsp3) is 0.867. The molecule has 1 unspecified atom stereocenters. The molecule has 34 heavy (non-hydrogen) atoms. The number of hydrogen-bond acceptors (Lipinski definition) is 3. The molecular weight excluding hydrogens is 424 g/mol. The maximum Gasteiger partial charge on any atom is 0.307 e. The maximum atomic E-state index is 11.9. The summed E-state index contributed by atoms with van der Waals surface area (Å²) in [6, 6.07) is 0. The van der Waals surface area contributed by atoms with Crippen LogP contribution in [0.1, 0.15) is 162 Å². The molecule has 0 saturated carbocycles. The third kappa shape index (κ3) is 25.3. The van der Waals surface area contributed by atoms with Gasteiger partial charge in [0.15, 0.2) is 0 Å². The molecule has 0 spiro atoms. The van der Waals surface area contributed by atoms with Crippen LogP contribution >= 0.6 is 0 Å². The SMILES string of the molecule is CCCCCCCC/C=C\CCCCCCCCCCCCCC(=O)OC(CCC)CC(=O)O. The monoisotopic (exact) mass is 480 g/mol. The van der Waals surface area contributed by atoms with Crippen molar-refractivity contribution in [3.8, 4) is 0 Å². The van der Waals surface area contributed by atoms with E-state index >= 15 is 0 Å². The van der Waals surface area contributed by atoms with Crippen molar-refractivity contribution in [2.24, 2.45) is 0 Å². The zero-order valence-electron chi connectivity index (χ0n) is 22.7. The fourth-order valence-corrected chi connectivity index (χ4v) is 4.36. The molecule has 0 aromatic carbocycles. The second kappa shape index (κ2) is 26.3. The van der Waals surface area contributed by atoms with Crippen LogP contribution in [0.4, 0.5) is 0 Å². The molecule has 1 N–H and O–H groups in total. The van der Waals surface area contributed by atoms with Crippen molar-refractivity contribution in [1.82, 2.24) is 0 Å². The minimum atomic E-state index is -0.905. The molecule has 0 aromatic rings. The Kier molecular flexibility index (Phi) is 25.3. The number of esters is 1. The van der Waals surface area contributed by atoms with Gasteiger partial charge in [-0.15, -0.1) is 0 Å². The Bertz CT molecular complexity index is 486. The van der Waals surface area contributed by atoms with Gasteiger partial charge >= 0.3 is 11.9 Å². The first kappa shape index (κ1) is 32.7. The fourth-order valence-electron chi connectivity index (χ4n) is 4.36. The summed E-state index contributed by atoms with van der Waals surface area (Å²) in [6.07, 6.45) is 30.6. The summed E-state index contributed by atoms with van der Waals surface area (Å²) in [5, 5.41) is 8.89. The summed E-state index contributed by atoms with van der Waals surface area (Å²) in [5.74, 6) is -1.15. The average Bonchev–Trinajstić information content (AvgIpc) is 2.79. The van der Waals surface area contributed by atoms with Crippen LogP contribution in [0, 0.1) is 0 Å². The van der Waals surface area contributed by atoms with Crippen molar-refractivity contribution in [3.63, 3.8) is 0 Å². The number of ether oxygens (including phenoxy) is 1. The third-order valence-electron chi connectivity index (χ3n) is 6.45. The number of carbonyl (C=O) groups is 2. The lowest BCUT2D eigenvalue weighted by atomic mass is 10.0. The van der Waals surface area contributed by atoms with E-state index in [-0.39, 0.29) is 12.4 Å². The van der Waals surface area contributed by atoms with Crippen molar-refractivity contribution in [1.29, 1.82) is 0 Å². The molecule has 4 heteroatoms. The maximum absolute atomic E-state index is 11.9. The summed E-state index contributed by atoms with van der Waals surface area (Å²) in [5.41, 5.74) is 0. The number of rotatable bonds is 26. The highest BCUT2D eigenvalue weighted by Gasteiger charge is 2.16. The third-order valence-corrected chi connectivity index (χ3v) is 6.45. The van der Waals surface area contributed by atoms with Crippen LogP contribution in [-0.4, -0.2) is 23.1 Å². The molecule has 4 nitrogen and oxygen atoms in total. The van der Waals surface area contributed by atoms with Gasteiger partial charge in [-0.1, -0.05) is 122 Å². The van der Waals surface area contributed by atoms with E-state index in [1.54, 1.807) is 0 Å². The standard InChI is InChI=1S/C30H56O4/c1-3-5-6-7-8-9-10-11-12-13-14-15-16-17-18-19-20-21-22-23-24-26-30(33)34-28(25-4-2)27-29(31)32/h11-12,28H,3-10,13-27H2,1-2H3,(H,31,32)/b12-11-. The van der Waals surface area contributed by atoms with Crippen molar-refractivity contribution in [2.75, 3.05) is 0 Å². The molecular formula is C30H56O4. The Morgan fingerprint density at radius 2 is 1.09 bits per heavy atom. The second-order valence-corrected chi connectivity index (χ2v) is 9.95. The van der Waals surface area contributed by atoms with E-state index in [2.05, 4.69) is 19.1 Å². The van der Waals surface area contributed by atoms with Crippen LogP contribution in [0.15, 0.2) is 12.2 Å². The predicted molar refractivity (Wildman–Crippen MR) is 144 cm³/mol. The predicted octanol–water partition coefficient (Wildman–Crippen LogP) is 9.55. The second-order valence-electron chi connectivity index (χ2n) is 9.95. The summed E-state index contributed by atoms with van der Waals surface area (Å²) >= 11 is 0. The van der Waals surface area contributed by atoms with E-state index in [4.69, 9.17) is 9.84 Å². The van der Waals surface area contributed by atoms with E-state index in [0.29, 0.717) is 12.8 Å². The van der Waals surface area contributed by atoms with Gasteiger partial charge in [-0.2, -0.15) is 0 Å². The lowest BCUT2D eigenvalue weighted by Gasteiger charge is -2.15. The van der Waals surface area contributed by atoms with Crippen LogP contribution < -0.4 is 0 Å². The van der Waals surface area contributed by atoms with Gasteiger partial charge in [0.25, 0.3) is 0 Å². The number of carboxylic acid groups (broad SMARTS) is 1. The highest BCUT2D eigenvalue weighted by atomic mass is 16.5. The lowest BCUT2D eigenvalue weighted by molar-refractivity contribution is -0.153. The minimum Gasteiger partial charge on any atom is -0.481 e. The molecule has 0 aliphatic carbocycles. The van der Waals surface area contributed by atoms with Crippen molar-refractivity contribution in [3.05, 3.63) is 12.2 Å². The Labute approximate surface area is 211 Å². The molecule has 200 valence electrons. The van der Waals surface area contributed by atoms with Gasteiger partial charge < -0.3 is 9.84 Å². The first-order valence-corrected chi connectivity index (χ1v) is 14.7. The largest absolute Gasteiger partial charge is 0.481 e. The summed E-state index contributed by atoms with van der Waals surface area (Å²) in [4.78, 5) is 22.7. The van der Waals surface area contributed by atoms with E-state index in [0.717, 1.165) is 19.3 Å². The summed E-state index contributed by atoms with van der Waals surface area (Å²) in [6.45, 7) is 4.24. The van der Waals surface area contributed by atoms with Gasteiger partial charge in [-0.3, -0.25) is 9.59 Å². The molecule has 1 atom stereocenters. The van der Waals surface area contributed by atoms with Gasteiger partial charge in [-0.05, 0) is 38.5 Å². The number of carboxylic acids is 1. The lowest BCUT2D eigenvalue weighted by Crippen LogP contribution is -2.21. The highest BCUT2D eigenvalue weighted by molar-refractivity contribution is 5.71. The molecule has 0 heterocycles. The molecule has 0 aliphatic heterocycles. The van der Waals surface area contributed by atoms with Gasteiger partial charge in [0.1, 0.15) is 6.10 Å². The summed E-state index contributed by atoms with van der Waals surface area (Å²) in [7, 11) is 0. The Balaban J connectivity index is 3.34. The normalized spacial score (nSPS) is 12.3. The zero-order valence-corrected chi connectivity index (χ0v) is 22.7. The Morgan fingerprint density at radius 3 is 1.53 bits per heavy atom. The molecule has 0 aromatic heterocycles. The number of hydrogen-bond donors (Lipinski definition) is 1. The Morgan fingerprint density at radius 1 is 0.647 bits per heavy atom. The highest BCUT2D eigenvalue weighted by Crippen LogP contribution is 2.14. The first-order valence-electron chi connectivity index (χ1n) is 14.7. The zero-order chi connectivity index (χ0) is 25.1. The van der Waals surface area contributed by atoms with Gasteiger partial charge in [-0.25, -0.2) is 0 Å². The van der Waals surface area contributed by atoms with Crippen LogP contribution in [0.3, 0.4) is 0 Å². The van der Waals surface area contributed by atoms with Crippen LogP contribution in [0.5, 0.6) is 0 Å². The van der Waals surface area contributed by atoms with Crippen LogP contribution in [0.2, 0.25) is 0 Å². The van der Waals surface area contributed by atoms with Crippen molar-refractivity contribution >= 4 is 11.9 Å². The quantitative estimate of drug-likeness (QED) is 0.0760. The van der Waals surface area contributed by atoms with Gasteiger partial charge in [0.2, 0.25) is 0 Å². The van der Waals surface area contributed by atoms with E-state index in [9.17, 15) is 9.59 Å². The van der Waals surface area contributed by atoms with Crippen molar-refractivity contribution < 1.29 is 19.4 Å². The van der Waals surface area contributed by atoms with Crippen LogP contribution in [0.25, 0.3) is 0 Å². The number of aliphatic carboxylic acids is 1. The Hall–Kier alpha value is -1.32. The van der Waals surface area contributed by atoms with E-state index < -0.39 is 12.1 Å². The summed E-state index contributed by atoms with van der Waals surface area (Å²) < 4.78 is 5.32. The minimum absolute atomic E-state index is 0.0874. The molecule has 0 rings (SSSR count). The number of unbranched alkanes of at least 4 members (excludes halogenated alkanes) is 17. The van der Waals surface area contributed by atoms with E-state index in [1.807, 2.05) is 6.92 Å². The molecule has 0 radical (unpaired) electrons.